The first-order chi connectivity index (χ1) is 6.89. The average molecular weight is 229 g/mol. The van der Waals surface area contributed by atoms with Gasteiger partial charge in [0.2, 0.25) is 5.24 Å². The first-order valence-corrected chi connectivity index (χ1v) is 5.22. The van der Waals surface area contributed by atoms with Crippen molar-refractivity contribution >= 4 is 16.8 Å². The van der Waals surface area contributed by atoms with Crippen molar-refractivity contribution in [3.63, 3.8) is 0 Å². The Balaban J connectivity index is 3.28. The van der Waals surface area contributed by atoms with Gasteiger partial charge in [0.1, 0.15) is 5.82 Å². The average Bonchev–Trinajstić information content (AvgIpc) is 2.15. The van der Waals surface area contributed by atoms with Crippen molar-refractivity contribution in [2.24, 2.45) is 5.92 Å². The van der Waals surface area contributed by atoms with E-state index < -0.39 is 10.7 Å². The number of hydrogen-bond donors (Lipinski definition) is 0. The molecular weight excluding hydrogens is 215 g/mol. The molecule has 0 aromatic heterocycles. The predicted molar refractivity (Wildman–Crippen MR) is 59.5 cm³/mol. The number of carbonyl (C=O) groups is 1. The number of rotatable bonds is 3. The highest BCUT2D eigenvalue weighted by atomic mass is 35.5. The summed E-state index contributed by atoms with van der Waals surface area (Å²) in [4.78, 5) is 11.5. The molecule has 1 rings (SSSR count). The topological polar surface area (TPSA) is 17.1 Å². The van der Waals surface area contributed by atoms with Crippen LogP contribution in [-0.2, 0) is 10.2 Å². The molecule has 15 heavy (non-hydrogen) atoms. The second-order valence-corrected chi connectivity index (χ2v) is 4.48. The maximum atomic E-state index is 13.1. The molecule has 1 atom stereocenters. The Labute approximate surface area is 94.3 Å². The molecule has 0 aliphatic heterocycles. The van der Waals surface area contributed by atoms with Crippen molar-refractivity contribution in [2.75, 3.05) is 0 Å². The molecule has 1 aromatic rings. The summed E-state index contributed by atoms with van der Waals surface area (Å²) >= 11 is 5.61. The summed E-state index contributed by atoms with van der Waals surface area (Å²) in [5, 5.41) is -0.455. The van der Waals surface area contributed by atoms with Gasteiger partial charge in [-0.3, -0.25) is 4.79 Å². The van der Waals surface area contributed by atoms with Gasteiger partial charge in [-0.2, -0.15) is 0 Å². The summed E-state index contributed by atoms with van der Waals surface area (Å²) in [5.74, 6) is -0.332. The van der Waals surface area contributed by atoms with Crippen LogP contribution in [0.25, 0.3) is 0 Å². The fraction of sp³-hybridized carbons (Fsp3) is 0.417. The van der Waals surface area contributed by atoms with Gasteiger partial charge in [-0.05, 0) is 42.1 Å². The van der Waals surface area contributed by atoms with E-state index in [4.69, 9.17) is 11.6 Å². The molecule has 1 nitrogen and oxygen atoms in total. The predicted octanol–water partition coefficient (Wildman–Crippen LogP) is 3.50. The summed E-state index contributed by atoms with van der Waals surface area (Å²) in [6, 6.07) is 6.03. The molecule has 82 valence electrons. The molecule has 0 N–H and O–H groups in total. The second-order valence-electron chi connectivity index (χ2n) is 4.14. The van der Waals surface area contributed by atoms with Crippen molar-refractivity contribution < 1.29 is 9.18 Å². The third kappa shape index (κ3) is 2.20. The fourth-order valence-corrected chi connectivity index (χ4v) is 1.81. The Kier molecular flexibility index (Phi) is 3.50. The van der Waals surface area contributed by atoms with Gasteiger partial charge in [0.05, 0.1) is 5.41 Å². The summed E-state index contributed by atoms with van der Waals surface area (Å²) in [5.41, 5.74) is -0.207. The monoisotopic (exact) mass is 228 g/mol. The second kappa shape index (κ2) is 4.31. The maximum absolute atomic E-state index is 13.1. The minimum Gasteiger partial charge on any atom is -0.280 e. The Morgan fingerprint density at radius 3 is 2.47 bits per heavy atom. The molecule has 0 saturated heterocycles. The van der Waals surface area contributed by atoms with E-state index in [1.165, 1.54) is 12.1 Å². The summed E-state index contributed by atoms with van der Waals surface area (Å²) in [6.07, 6.45) is 0. The molecule has 0 spiro atoms. The van der Waals surface area contributed by atoms with Crippen LogP contribution >= 0.6 is 11.6 Å². The number of carbonyl (C=O) groups excluding carboxylic acids is 1. The van der Waals surface area contributed by atoms with Gasteiger partial charge < -0.3 is 0 Å². The van der Waals surface area contributed by atoms with Gasteiger partial charge in [0.15, 0.2) is 0 Å². The van der Waals surface area contributed by atoms with E-state index in [-0.39, 0.29) is 11.7 Å². The highest BCUT2D eigenvalue weighted by molar-refractivity contribution is 6.65. The van der Waals surface area contributed by atoms with Crippen LogP contribution in [0.1, 0.15) is 26.3 Å². The zero-order valence-electron chi connectivity index (χ0n) is 9.05. The van der Waals surface area contributed by atoms with E-state index in [1.54, 1.807) is 19.1 Å². The summed E-state index contributed by atoms with van der Waals surface area (Å²) in [6.45, 7) is 5.53. The van der Waals surface area contributed by atoms with Crippen LogP contribution in [0.4, 0.5) is 4.39 Å². The van der Waals surface area contributed by atoms with Gasteiger partial charge in [0.25, 0.3) is 0 Å². The van der Waals surface area contributed by atoms with Gasteiger partial charge in [-0.1, -0.05) is 26.0 Å². The zero-order chi connectivity index (χ0) is 11.6. The third-order valence-corrected chi connectivity index (χ3v) is 3.38. The first kappa shape index (κ1) is 12.2. The van der Waals surface area contributed by atoms with Crippen molar-refractivity contribution in [3.05, 3.63) is 35.6 Å². The smallest absolute Gasteiger partial charge is 0.232 e. The highest BCUT2D eigenvalue weighted by Gasteiger charge is 2.37. The molecule has 0 heterocycles. The third-order valence-electron chi connectivity index (χ3n) is 2.99. The molecule has 0 bridgehead atoms. The SMILES string of the molecule is CC(C)C(C)(C(=O)Cl)c1cccc(F)c1. The van der Waals surface area contributed by atoms with E-state index in [0.717, 1.165) is 0 Å². The lowest BCUT2D eigenvalue weighted by atomic mass is 9.74. The van der Waals surface area contributed by atoms with Crippen LogP contribution in [-0.4, -0.2) is 5.24 Å². The highest BCUT2D eigenvalue weighted by Crippen LogP contribution is 2.34. The van der Waals surface area contributed by atoms with Gasteiger partial charge in [-0.25, -0.2) is 4.39 Å². The molecule has 0 radical (unpaired) electrons. The van der Waals surface area contributed by atoms with Gasteiger partial charge in [-0.15, -0.1) is 0 Å². The van der Waals surface area contributed by atoms with Crippen molar-refractivity contribution in [1.29, 1.82) is 0 Å². The van der Waals surface area contributed by atoms with Gasteiger partial charge >= 0.3 is 0 Å². The first-order valence-electron chi connectivity index (χ1n) is 4.85. The molecule has 0 aliphatic carbocycles. The lowest BCUT2D eigenvalue weighted by Gasteiger charge is -2.30. The van der Waals surface area contributed by atoms with Crippen LogP contribution in [0.5, 0.6) is 0 Å². The molecule has 1 unspecified atom stereocenters. The Bertz CT molecular complexity index is 376. The van der Waals surface area contributed by atoms with Crippen molar-refractivity contribution in [2.45, 2.75) is 26.2 Å². The lowest BCUT2D eigenvalue weighted by molar-refractivity contribution is -0.117. The van der Waals surface area contributed by atoms with E-state index >= 15 is 0 Å². The number of benzene rings is 1. The Morgan fingerprint density at radius 1 is 1.47 bits per heavy atom. The van der Waals surface area contributed by atoms with E-state index in [0.29, 0.717) is 5.56 Å². The molecule has 0 aliphatic rings. The number of halogens is 2. The van der Waals surface area contributed by atoms with Gasteiger partial charge in [0, 0.05) is 0 Å². The minimum absolute atomic E-state index is 0.0179. The zero-order valence-corrected chi connectivity index (χ0v) is 9.81. The Morgan fingerprint density at radius 2 is 2.07 bits per heavy atom. The van der Waals surface area contributed by atoms with E-state index in [1.807, 2.05) is 13.8 Å². The molecule has 1 aromatic carbocycles. The fourth-order valence-electron chi connectivity index (χ4n) is 1.49. The molecule has 0 amide bonds. The summed E-state index contributed by atoms with van der Waals surface area (Å²) < 4.78 is 13.1. The molecular formula is C12H14ClFO. The Hall–Kier alpha value is -0.890. The van der Waals surface area contributed by atoms with Crippen molar-refractivity contribution in [3.8, 4) is 0 Å². The van der Waals surface area contributed by atoms with E-state index in [2.05, 4.69) is 0 Å². The molecule has 0 saturated carbocycles. The van der Waals surface area contributed by atoms with E-state index in [9.17, 15) is 9.18 Å². The maximum Gasteiger partial charge on any atom is 0.232 e. The standard InChI is InChI=1S/C12H14ClFO/c1-8(2)12(3,11(13)15)9-5-4-6-10(14)7-9/h4-8H,1-3H3. The van der Waals surface area contributed by atoms with Crippen LogP contribution < -0.4 is 0 Å². The molecule has 3 heteroatoms. The van der Waals surface area contributed by atoms with Crippen molar-refractivity contribution in [1.82, 2.24) is 0 Å². The lowest BCUT2D eigenvalue weighted by Crippen LogP contribution is -2.35. The largest absolute Gasteiger partial charge is 0.280 e. The van der Waals surface area contributed by atoms with Crippen LogP contribution in [0, 0.1) is 11.7 Å². The number of hydrogen-bond acceptors (Lipinski definition) is 1. The normalized spacial score (nSPS) is 15.1. The summed E-state index contributed by atoms with van der Waals surface area (Å²) in [7, 11) is 0. The van der Waals surface area contributed by atoms with Crippen LogP contribution in [0.15, 0.2) is 24.3 Å². The van der Waals surface area contributed by atoms with Crippen LogP contribution in [0.2, 0.25) is 0 Å². The molecule has 0 fully saturated rings. The van der Waals surface area contributed by atoms with Crippen LogP contribution in [0.3, 0.4) is 0 Å². The quantitative estimate of drug-likeness (QED) is 0.724. The minimum atomic E-state index is -0.830.